The van der Waals surface area contributed by atoms with Crippen LogP contribution in [0.1, 0.15) is 71.6 Å². The molecule has 1 saturated carbocycles. The summed E-state index contributed by atoms with van der Waals surface area (Å²) in [4.78, 5) is 49.5. The molecule has 5 rings (SSSR count). The number of likely N-dealkylation sites (tertiary alicyclic amines) is 1. The summed E-state index contributed by atoms with van der Waals surface area (Å²) in [6.45, 7) is 13.7. The number of fused-ring (bicyclic) bond motifs is 1. The lowest BCUT2D eigenvalue weighted by molar-refractivity contribution is -0.144. The van der Waals surface area contributed by atoms with Crippen molar-refractivity contribution in [1.82, 2.24) is 9.80 Å². The fourth-order valence-electron chi connectivity index (χ4n) is 8.33. The van der Waals surface area contributed by atoms with Crippen molar-refractivity contribution in [2.24, 2.45) is 11.8 Å². The molecule has 240 valence electrons. The Kier molecular flexibility index (Phi) is 10.1. The van der Waals surface area contributed by atoms with E-state index >= 15 is 0 Å². The maximum atomic E-state index is 14.8. The Morgan fingerprint density at radius 1 is 1.07 bits per heavy atom. The molecule has 5 atom stereocenters. The number of rotatable bonds is 14. The number of unbranched alkanes of at least 4 members (excludes halogenated alkanes) is 1. The average Bonchev–Trinajstić information content (AvgIpc) is 3.60. The Morgan fingerprint density at radius 3 is 2.41 bits per heavy atom. The van der Waals surface area contributed by atoms with Crippen LogP contribution in [0.15, 0.2) is 49.6 Å². The summed E-state index contributed by atoms with van der Waals surface area (Å²) in [5, 5.41) is 9.53. The van der Waals surface area contributed by atoms with E-state index in [1.54, 1.807) is 33.7 Å². The molecule has 8 nitrogen and oxygen atoms in total. The van der Waals surface area contributed by atoms with Gasteiger partial charge in [0.2, 0.25) is 17.7 Å². The molecule has 2 unspecified atom stereocenters. The van der Waals surface area contributed by atoms with Gasteiger partial charge in [0.15, 0.2) is 0 Å². The van der Waals surface area contributed by atoms with Crippen LogP contribution in [0.25, 0.3) is 0 Å². The van der Waals surface area contributed by atoms with Crippen LogP contribution in [0, 0.1) is 11.8 Å². The molecule has 1 aromatic rings. The van der Waals surface area contributed by atoms with E-state index in [1.165, 1.54) is 6.42 Å². The third kappa shape index (κ3) is 5.70. The number of nitrogens with zero attached hydrogens (tertiary/aromatic N) is 3. The third-order valence-electron chi connectivity index (χ3n) is 10.2. The van der Waals surface area contributed by atoms with Gasteiger partial charge in [-0.2, -0.15) is 0 Å². The van der Waals surface area contributed by atoms with Crippen molar-refractivity contribution in [2.75, 3.05) is 37.7 Å². The second-order valence-electron chi connectivity index (χ2n) is 12.9. The summed E-state index contributed by atoms with van der Waals surface area (Å²) in [5.41, 5.74) is 0.733. The van der Waals surface area contributed by atoms with Crippen molar-refractivity contribution in [2.45, 2.75) is 93.2 Å². The molecule has 44 heavy (non-hydrogen) atoms. The van der Waals surface area contributed by atoms with Gasteiger partial charge >= 0.3 is 0 Å². The van der Waals surface area contributed by atoms with E-state index in [2.05, 4.69) is 20.1 Å². The van der Waals surface area contributed by atoms with E-state index in [0.29, 0.717) is 39.1 Å². The number of carbonyl (C=O) groups excluding carboxylic acids is 3. The number of anilines is 1. The average molecular weight is 624 g/mol. The van der Waals surface area contributed by atoms with Gasteiger partial charge in [0.05, 0.1) is 23.2 Å². The van der Waals surface area contributed by atoms with Gasteiger partial charge in [-0.3, -0.25) is 14.4 Å². The maximum Gasteiger partial charge on any atom is 0.247 e. The highest BCUT2D eigenvalue weighted by atomic mass is 32.2. The molecule has 1 spiro atoms. The van der Waals surface area contributed by atoms with Crippen molar-refractivity contribution in [1.29, 1.82) is 0 Å². The molecule has 9 heteroatoms. The Hall–Kier alpha value is -2.78. The van der Waals surface area contributed by atoms with Gasteiger partial charge < -0.3 is 24.5 Å². The number of benzene rings is 1. The summed E-state index contributed by atoms with van der Waals surface area (Å²) < 4.78 is 4.48. The van der Waals surface area contributed by atoms with E-state index in [1.807, 2.05) is 36.1 Å². The number of amides is 3. The minimum absolute atomic E-state index is 0.00374. The van der Waals surface area contributed by atoms with E-state index in [-0.39, 0.29) is 30.4 Å². The number of ether oxygens (including phenoxy) is 1. The van der Waals surface area contributed by atoms with Gasteiger partial charge in [0, 0.05) is 42.7 Å². The molecular formula is C35H49N3O5S. The van der Waals surface area contributed by atoms with Crippen LogP contribution in [0.4, 0.5) is 5.69 Å². The molecule has 3 saturated heterocycles. The van der Waals surface area contributed by atoms with Gasteiger partial charge in [0.25, 0.3) is 0 Å². The first kappa shape index (κ1) is 32.6. The van der Waals surface area contributed by atoms with Crippen molar-refractivity contribution >= 4 is 35.2 Å². The first-order valence-corrected chi connectivity index (χ1v) is 17.3. The summed E-state index contributed by atoms with van der Waals surface area (Å²) >= 11 is 1.71. The van der Waals surface area contributed by atoms with Crippen LogP contribution in [0.3, 0.4) is 0 Å². The van der Waals surface area contributed by atoms with Crippen molar-refractivity contribution in [3.63, 3.8) is 0 Å². The first-order valence-electron chi connectivity index (χ1n) is 16.4. The van der Waals surface area contributed by atoms with Crippen molar-refractivity contribution < 1.29 is 24.2 Å². The lowest BCUT2D eigenvalue weighted by Crippen LogP contribution is -2.57. The lowest BCUT2D eigenvalue weighted by Gasteiger charge is -2.41. The zero-order chi connectivity index (χ0) is 31.5. The Labute approximate surface area is 266 Å². The number of thioether (sulfide) groups is 1. The molecule has 4 fully saturated rings. The highest BCUT2D eigenvalue weighted by Crippen LogP contribution is 2.71. The number of aliphatic hydroxyl groups is 1. The van der Waals surface area contributed by atoms with Crippen LogP contribution < -0.4 is 9.64 Å². The zero-order valence-electron chi connectivity index (χ0n) is 26.4. The van der Waals surface area contributed by atoms with Crippen molar-refractivity contribution in [3.8, 4) is 5.75 Å². The van der Waals surface area contributed by atoms with Crippen LogP contribution in [-0.4, -0.2) is 87.1 Å². The second-order valence-corrected chi connectivity index (χ2v) is 14.8. The van der Waals surface area contributed by atoms with Crippen LogP contribution in [0.2, 0.25) is 0 Å². The topological polar surface area (TPSA) is 90.4 Å². The Bertz CT molecular complexity index is 1230. The normalized spacial score (nSPS) is 29.4. The molecule has 1 aromatic carbocycles. The highest BCUT2D eigenvalue weighted by Gasteiger charge is 2.77. The highest BCUT2D eigenvalue weighted by molar-refractivity contribution is 8.02. The molecule has 1 aliphatic carbocycles. The van der Waals surface area contributed by atoms with Gasteiger partial charge in [-0.15, -0.1) is 24.9 Å². The first-order chi connectivity index (χ1) is 21.3. The lowest BCUT2D eigenvalue weighted by atomic mass is 9.66. The molecule has 0 aromatic heterocycles. The minimum Gasteiger partial charge on any atom is -0.494 e. The number of hydrogen-bond acceptors (Lipinski definition) is 6. The molecule has 3 heterocycles. The quantitative estimate of drug-likeness (QED) is 0.226. The Balaban J connectivity index is 1.52. The molecule has 1 N–H and O–H groups in total. The fraction of sp³-hybridized carbons (Fsp3) is 0.629. The SMILES string of the molecule is C=CCN(C(=O)[C@H]1[C@H]2C(=O)N(CCCCO)C(C(=O)N(CC=C)C3CCCCC3)C23CC[C@]1(C)S3)c1ccc(OCC)cc1. The largest absolute Gasteiger partial charge is 0.494 e. The molecule has 3 aliphatic heterocycles. The molecular weight excluding hydrogens is 574 g/mol. The second kappa shape index (κ2) is 13.7. The predicted octanol–water partition coefficient (Wildman–Crippen LogP) is 5.21. The monoisotopic (exact) mass is 623 g/mol. The van der Waals surface area contributed by atoms with Crippen molar-refractivity contribution in [3.05, 3.63) is 49.6 Å². The maximum absolute atomic E-state index is 14.8. The standard InChI is InChI=1S/C35H49N3O5S/c1-5-21-36(26-15-17-27(18-16-26)43-7-3)31(40)28-29-32(41)38(23-11-12-24-39)30(35(29)20-19-34(28,4)44-35)33(42)37(22-6-2)25-13-9-8-10-14-25/h5-6,15-18,25,28-30,39H,1-2,7-14,19-24H2,3-4H3/t28-,29+,30?,34+,35?/m1/s1. The fourth-order valence-corrected chi connectivity index (χ4v) is 10.7. The van der Waals surface area contributed by atoms with Crippen LogP contribution >= 0.6 is 11.8 Å². The number of hydrogen-bond donors (Lipinski definition) is 1. The smallest absolute Gasteiger partial charge is 0.247 e. The van der Waals surface area contributed by atoms with Gasteiger partial charge in [0.1, 0.15) is 11.8 Å². The zero-order valence-corrected chi connectivity index (χ0v) is 27.2. The Morgan fingerprint density at radius 2 is 1.77 bits per heavy atom. The van der Waals surface area contributed by atoms with E-state index in [9.17, 15) is 19.5 Å². The summed E-state index contributed by atoms with van der Waals surface area (Å²) in [6, 6.07) is 6.98. The van der Waals surface area contributed by atoms with Gasteiger partial charge in [-0.05, 0) is 76.6 Å². The van der Waals surface area contributed by atoms with E-state index in [4.69, 9.17) is 4.74 Å². The molecule has 2 bridgehead atoms. The molecule has 0 radical (unpaired) electrons. The van der Waals surface area contributed by atoms with Gasteiger partial charge in [-0.1, -0.05) is 31.4 Å². The minimum atomic E-state index is -0.671. The van der Waals surface area contributed by atoms with Gasteiger partial charge in [-0.25, -0.2) is 0 Å². The third-order valence-corrected chi connectivity index (χ3v) is 12.2. The summed E-state index contributed by atoms with van der Waals surface area (Å²) in [5.74, 6) is -0.618. The van der Waals surface area contributed by atoms with E-state index in [0.717, 1.165) is 50.0 Å². The molecule has 3 amide bonds. The van der Waals surface area contributed by atoms with Crippen LogP contribution in [0.5, 0.6) is 5.75 Å². The predicted molar refractivity (Wildman–Crippen MR) is 176 cm³/mol. The summed E-state index contributed by atoms with van der Waals surface area (Å²) in [6.07, 6.45) is 11.5. The molecule has 4 aliphatic rings. The number of carbonyl (C=O) groups is 3. The van der Waals surface area contributed by atoms with Crippen LogP contribution in [-0.2, 0) is 14.4 Å². The van der Waals surface area contributed by atoms with E-state index < -0.39 is 27.4 Å². The number of aliphatic hydroxyl groups excluding tert-OH is 1. The summed E-state index contributed by atoms with van der Waals surface area (Å²) in [7, 11) is 0.